The predicted octanol–water partition coefficient (Wildman–Crippen LogP) is -3.61. The number of carboxylic acids is 2. The Morgan fingerprint density at radius 1 is 0.882 bits per heavy atom. The maximum absolute atomic E-state index is 9.00. The zero-order valence-electron chi connectivity index (χ0n) is 7.62. The molecule has 0 saturated heterocycles. The van der Waals surface area contributed by atoms with Crippen LogP contribution in [-0.2, 0) is 14.2 Å². The van der Waals surface area contributed by atoms with Crippen LogP contribution in [0.5, 0.6) is 0 Å². The first-order chi connectivity index (χ1) is 5.46. The number of carboxylic acid groups (broad SMARTS) is 2. The van der Waals surface area contributed by atoms with Gasteiger partial charge in [0.15, 0.2) is 0 Å². The Morgan fingerprint density at radius 2 is 0.882 bits per heavy atom. The van der Waals surface area contributed by atoms with Gasteiger partial charge in [0.05, 0.1) is 0 Å². The number of rotatable bonds is 0. The Labute approximate surface area is 206 Å². The van der Waals surface area contributed by atoms with Gasteiger partial charge in [-0.05, 0) is 0 Å². The van der Waals surface area contributed by atoms with Crippen LogP contribution >= 0.6 is 7.82 Å². The van der Waals surface area contributed by atoms with Gasteiger partial charge in [0, 0.05) is 13.8 Å². The fraction of sp³-hybridized carbons (Fsp3) is 0.500. The van der Waals surface area contributed by atoms with Gasteiger partial charge in [-0.25, -0.2) is 4.57 Å². The van der Waals surface area contributed by atoms with Gasteiger partial charge in [0.1, 0.15) is 0 Å². The molecule has 5 N–H and O–H groups in total. The summed E-state index contributed by atoms with van der Waals surface area (Å²) in [6.45, 7) is 2.17. The Balaban J connectivity index is -0.0000000159. The zero-order valence-corrected chi connectivity index (χ0v) is 14.0. The fourth-order valence-corrected chi connectivity index (χ4v) is 0. The van der Waals surface area contributed by atoms with Crippen LogP contribution in [0.2, 0.25) is 0 Å². The molecular weight excluding hydrogens is 499 g/mol. The molecule has 0 amide bonds. The van der Waals surface area contributed by atoms with Gasteiger partial charge in [0.25, 0.3) is 11.9 Å². The minimum absolute atomic E-state index is 0. The Hall–Kier alpha value is 3.61. The summed E-state index contributed by atoms with van der Waals surface area (Å²) in [5.74, 6) is -1.67. The van der Waals surface area contributed by atoms with E-state index >= 15 is 0 Å². The third-order valence-corrected chi connectivity index (χ3v) is 0. The third-order valence-electron chi connectivity index (χ3n) is 0. The van der Waals surface area contributed by atoms with Gasteiger partial charge in [0.2, 0.25) is 0 Å². The molecule has 0 bridgehead atoms. The maximum atomic E-state index is 9.00. The van der Waals surface area contributed by atoms with E-state index in [1.807, 2.05) is 0 Å². The zero-order chi connectivity index (χ0) is 11.7. The molecule has 0 saturated carbocycles. The molecule has 0 unspecified atom stereocenters. The second kappa shape index (κ2) is 27.9. The molecule has 92 valence electrons. The van der Waals surface area contributed by atoms with Gasteiger partial charge in [-0.15, -0.1) is 0 Å². The summed E-state index contributed by atoms with van der Waals surface area (Å²) in [4.78, 5) is 39.6. The van der Waals surface area contributed by atoms with Gasteiger partial charge in [-0.3, -0.25) is 9.59 Å². The van der Waals surface area contributed by atoms with Crippen LogP contribution < -0.4 is 0 Å². The first kappa shape index (κ1) is 42.8. The van der Waals surface area contributed by atoms with Crippen LogP contribution in [0.25, 0.3) is 0 Å². The number of aliphatic carboxylic acids is 2. The molecule has 0 heterocycles. The van der Waals surface area contributed by atoms with Crippen molar-refractivity contribution >= 4 is 158 Å². The van der Waals surface area contributed by atoms with E-state index in [0.29, 0.717) is 0 Å². The first-order valence-corrected chi connectivity index (χ1v) is 4.20. The van der Waals surface area contributed by atoms with Crippen molar-refractivity contribution in [2.75, 3.05) is 0 Å². The molecule has 0 aliphatic rings. The molecule has 0 atom stereocenters. The molecule has 2 radical (unpaired) electrons. The van der Waals surface area contributed by atoms with Crippen molar-refractivity contribution in [3.63, 3.8) is 0 Å². The van der Waals surface area contributed by atoms with Crippen LogP contribution in [0, 0.1) is 0 Å². The van der Waals surface area contributed by atoms with Crippen LogP contribution in [0.3, 0.4) is 0 Å². The van der Waals surface area contributed by atoms with Crippen molar-refractivity contribution < 1.29 is 39.0 Å². The van der Waals surface area contributed by atoms with E-state index in [-0.39, 0.29) is 138 Å². The molecule has 0 aromatic heterocycles. The molecule has 0 rings (SSSR count). The quantitative estimate of drug-likeness (QED) is 0.164. The second-order valence-electron chi connectivity index (χ2n) is 1.55. The van der Waals surface area contributed by atoms with Gasteiger partial charge in [-0.1, -0.05) is 0 Å². The molecular formula is C4H16KNa2O8PPb. The summed E-state index contributed by atoms with van der Waals surface area (Å²) >= 11 is 0. The second-order valence-corrected chi connectivity index (χ2v) is 2.58. The third kappa shape index (κ3) is 467. The van der Waals surface area contributed by atoms with E-state index in [1.165, 1.54) is 0 Å². The molecule has 0 aromatic carbocycles. The van der Waals surface area contributed by atoms with Crippen LogP contribution in [0.1, 0.15) is 13.8 Å². The molecule has 8 nitrogen and oxygen atoms in total. The molecule has 0 aromatic rings. The standard InChI is InChI=1S/2C2H4O2.K.2Na.H3O4P.Pb.5H/c2*1-2(3)4;;;;1-5(2,3)4;;;;;;/h2*1H3,(H,3,4);;;;(H3,1,2,3,4);;;;;;. The van der Waals surface area contributed by atoms with E-state index in [0.717, 1.165) is 13.8 Å². The van der Waals surface area contributed by atoms with E-state index in [2.05, 4.69) is 0 Å². The summed E-state index contributed by atoms with van der Waals surface area (Å²) in [5, 5.41) is 14.8. The van der Waals surface area contributed by atoms with E-state index in [4.69, 9.17) is 39.0 Å². The Kier molecular flexibility index (Phi) is 70.1. The topological polar surface area (TPSA) is 152 Å². The van der Waals surface area contributed by atoms with Crippen molar-refractivity contribution in [2.45, 2.75) is 13.8 Å². The summed E-state index contributed by atoms with van der Waals surface area (Å²) in [5.41, 5.74) is 0. The minimum atomic E-state index is -4.64. The number of hydrogen-bond donors (Lipinski definition) is 5. The Bertz CT molecular complexity index is 183. The molecule has 13 heteroatoms. The van der Waals surface area contributed by atoms with Gasteiger partial charge in [-0.2, -0.15) is 0 Å². The number of hydrogen-bond acceptors (Lipinski definition) is 3. The van der Waals surface area contributed by atoms with Crippen molar-refractivity contribution in [1.29, 1.82) is 0 Å². The molecule has 0 spiro atoms. The van der Waals surface area contributed by atoms with Crippen LogP contribution in [0.4, 0.5) is 0 Å². The van der Waals surface area contributed by atoms with Crippen molar-refractivity contribution in [1.82, 2.24) is 0 Å². The van der Waals surface area contributed by atoms with Crippen molar-refractivity contribution in [3.8, 4) is 0 Å². The average molecular weight is 515 g/mol. The fourth-order valence-electron chi connectivity index (χ4n) is 0. The predicted molar refractivity (Wildman–Crippen MR) is 70.9 cm³/mol. The van der Waals surface area contributed by atoms with Gasteiger partial charge >= 0.3 is 146 Å². The average Bonchev–Trinajstić information content (AvgIpc) is 1.50. The summed E-state index contributed by atoms with van der Waals surface area (Å²) < 4.78 is 8.88. The van der Waals surface area contributed by atoms with Crippen LogP contribution in [0.15, 0.2) is 0 Å². The molecule has 0 aliphatic carbocycles. The normalized spacial score (nSPS) is 6.41. The molecule has 17 heavy (non-hydrogen) atoms. The summed E-state index contributed by atoms with van der Waals surface area (Å²) in [6.07, 6.45) is 0. The molecule has 0 fully saturated rings. The SMILES string of the molecule is CC(=O)O.CC(=O)O.O=P(O)(O)O.[KH].[NaH].[NaH].[PbH2]. The van der Waals surface area contributed by atoms with Gasteiger partial charge < -0.3 is 24.9 Å². The monoisotopic (exact) mass is 516 g/mol. The molecule has 0 aliphatic heterocycles. The van der Waals surface area contributed by atoms with Crippen molar-refractivity contribution in [2.24, 2.45) is 0 Å². The van der Waals surface area contributed by atoms with E-state index in [1.54, 1.807) is 0 Å². The van der Waals surface area contributed by atoms with E-state index < -0.39 is 19.8 Å². The summed E-state index contributed by atoms with van der Waals surface area (Å²) in [7, 11) is -4.64. The first-order valence-electron chi connectivity index (χ1n) is 2.64. The van der Waals surface area contributed by atoms with Crippen molar-refractivity contribution in [3.05, 3.63) is 0 Å². The number of carbonyl (C=O) groups is 2. The number of phosphoric acid groups is 1. The van der Waals surface area contributed by atoms with Crippen LogP contribution in [-0.4, -0.2) is 175 Å². The Morgan fingerprint density at radius 3 is 0.882 bits per heavy atom. The van der Waals surface area contributed by atoms with E-state index in [9.17, 15) is 0 Å². The summed E-state index contributed by atoms with van der Waals surface area (Å²) in [6, 6.07) is 0.